The van der Waals surface area contributed by atoms with E-state index in [1.165, 1.54) is 34.7 Å². The van der Waals surface area contributed by atoms with Crippen molar-refractivity contribution in [1.29, 1.82) is 0 Å². The Bertz CT molecular complexity index is 1520. The van der Waals surface area contributed by atoms with Crippen LogP contribution in [0, 0.1) is 5.95 Å². The number of halogens is 2. The molecule has 1 amide bonds. The standard InChI is InChI=1S/C21H17F2N9O2/c1-11(22)31-8-6-14(28-31)19-26-27-20(34-19)21(33)30-7-5-13-17(25-10-24-13)18(30)15-9-12-3-2-4-16(23)32(12)29-15/h2-4,6,8-11,18H,5,7H2,1H3,(H,24,25)/t11?,18-/m0/s1. The first-order chi connectivity index (χ1) is 16.5. The topological polar surface area (TPSA) is 123 Å². The molecule has 6 heterocycles. The van der Waals surface area contributed by atoms with Crippen LogP contribution in [0.3, 0.4) is 0 Å². The van der Waals surface area contributed by atoms with Gasteiger partial charge in [-0.3, -0.25) is 4.79 Å². The van der Waals surface area contributed by atoms with Gasteiger partial charge in [0.15, 0.2) is 6.30 Å². The normalized spacial score (nSPS) is 16.7. The quantitative estimate of drug-likeness (QED) is 0.405. The molecule has 0 saturated heterocycles. The molecule has 0 bridgehead atoms. The SMILES string of the molecule is CC(F)n1ccc(-c2nnc(C(=O)N3CCc4[nH]cnc4[C@@H]3c3cc4cccc(F)n4n3)o2)n1. The van der Waals surface area contributed by atoms with Crippen molar-refractivity contribution in [3.8, 4) is 11.6 Å². The molecular weight excluding hydrogens is 448 g/mol. The first-order valence-corrected chi connectivity index (χ1v) is 10.5. The van der Waals surface area contributed by atoms with E-state index in [2.05, 4.69) is 30.4 Å². The minimum atomic E-state index is -1.33. The zero-order valence-corrected chi connectivity index (χ0v) is 17.8. The third-order valence-electron chi connectivity index (χ3n) is 5.72. The summed E-state index contributed by atoms with van der Waals surface area (Å²) < 4.78 is 35.6. The average Bonchev–Trinajstić information content (AvgIpc) is 3.62. The smallest absolute Gasteiger partial charge is 0.312 e. The van der Waals surface area contributed by atoms with E-state index in [1.54, 1.807) is 24.5 Å². The molecule has 34 heavy (non-hydrogen) atoms. The molecular formula is C21H17F2N9O2. The number of nitrogens with one attached hydrogen (secondary N) is 1. The van der Waals surface area contributed by atoms with Gasteiger partial charge in [-0.15, -0.1) is 10.2 Å². The highest BCUT2D eigenvalue weighted by Crippen LogP contribution is 2.34. The second-order valence-corrected chi connectivity index (χ2v) is 7.84. The van der Waals surface area contributed by atoms with Crippen LogP contribution in [0.2, 0.25) is 0 Å². The molecule has 0 radical (unpaired) electrons. The first kappa shape index (κ1) is 20.2. The molecule has 13 heteroatoms. The van der Waals surface area contributed by atoms with E-state index in [0.717, 1.165) is 10.4 Å². The summed E-state index contributed by atoms with van der Waals surface area (Å²) in [5, 5.41) is 16.2. The summed E-state index contributed by atoms with van der Waals surface area (Å²) in [7, 11) is 0. The summed E-state index contributed by atoms with van der Waals surface area (Å²) in [5.41, 5.74) is 2.71. The van der Waals surface area contributed by atoms with E-state index in [9.17, 15) is 13.6 Å². The fourth-order valence-electron chi connectivity index (χ4n) is 4.12. The van der Waals surface area contributed by atoms with Crippen LogP contribution in [0.4, 0.5) is 8.78 Å². The lowest BCUT2D eigenvalue weighted by Gasteiger charge is -2.32. The number of aromatic nitrogens is 8. The van der Waals surface area contributed by atoms with E-state index < -0.39 is 24.2 Å². The van der Waals surface area contributed by atoms with Crippen LogP contribution in [0.5, 0.6) is 0 Å². The van der Waals surface area contributed by atoms with Gasteiger partial charge >= 0.3 is 11.8 Å². The molecule has 0 fully saturated rings. The van der Waals surface area contributed by atoms with Crippen molar-refractivity contribution in [3.63, 3.8) is 0 Å². The van der Waals surface area contributed by atoms with E-state index in [1.807, 2.05) is 0 Å². The van der Waals surface area contributed by atoms with Gasteiger partial charge in [0.25, 0.3) is 5.89 Å². The summed E-state index contributed by atoms with van der Waals surface area (Å²) in [6.45, 7) is 1.66. The minimum absolute atomic E-state index is 0.00781. The molecule has 0 spiro atoms. The van der Waals surface area contributed by atoms with E-state index in [0.29, 0.717) is 29.9 Å². The van der Waals surface area contributed by atoms with Gasteiger partial charge in [-0.25, -0.2) is 18.6 Å². The molecule has 0 aliphatic carbocycles. The molecule has 5 aromatic rings. The number of alkyl halides is 1. The van der Waals surface area contributed by atoms with Crippen molar-refractivity contribution >= 4 is 11.4 Å². The van der Waals surface area contributed by atoms with Crippen molar-refractivity contribution < 1.29 is 18.0 Å². The molecule has 2 atom stereocenters. The van der Waals surface area contributed by atoms with Gasteiger partial charge < -0.3 is 14.3 Å². The number of carbonyl (C=O) groups is 1. The van der Waals surface area contributed by atoms with Crippen LogP contribution in [0.25, 0.3) is 17.1 Å². The van der Waals surface area contributed by atoms with Gasteiger partial charge in [-0.1, -0.05) is 6.07 Å². The molecule has 172 valence electrons. The summed E-state index contributed by atoms with van der Waals surface area (Å²) >= 11 is 0. The number of hydrogen-bond acceptors (Lipinski definition) is 7. The molecule has 1 N–H and O–H groups in total. The van der Waals surface area contributed by atoms with Gasteiger partial charge in [-0.05, 0) is 31.2 Å². The Hall–Kier alpha value is -4.42. The van der Waals surface area contributed by atoms with Gasteiger partial charge in [0.05, 0.1) is 23.2 Å². The zero-order chi connectivity index (χ0) is 23.4. The van der Waals surface area contributed by atoms with Crippen molar-refractivity contribution in [3.05, 3.63) is 71.8 Å². The Balaban J connectivity index is 1.37. The lowest BCUT2D eigenvalue weighted by atomic mass is 9.99. The minimum Gasteiger partial charge on any atom is -0.411 e. The first-order valence-electron chi connectivity index (χ1n) is 10.5. The summed E-state index contributed by atoms with van der Waals surface area (Å²) in [6, 6.07) is 7.15. The van der Waals surface area contributed by atoms with E-state index >= 15 is 0 Å². The Morgan fingerprint density at radius 2 is 2.15 bits per heavy atom. The van der Waals surface area contributed by atoms with Crippen LogP contribution in [-0.4, -0.2) is 56.9 Å². The second kappa shape index (κ2) is 7.57. The van der Waals surface area contributed by atoms with Crippen molar-refractivity contribution in [2.45, 2.75) is 25.7 Å². The van der Waals surface area contributed by atoms with Gasteiger partial charge in [0, 0.05) is 24.9 Å². The zero-order valence-electron chi connectivity index (χ0n) is 17.8. The predicted molar refractivity (Wildman–Crippen MR) is 112 cm³/mol. The van der Waals surface area contributed by atoms with Crippen molar-refractivity contribution in [1.82, 2.24) is 44.5 Å². The molecule has 6 rings (SSSR count). The van der Waals surface area contributed by atoms with Crippen LogP contribution >= 0.6 is 0 Å². The van der Waals surface area contributed by atoms with Crippen molar-refractivity contribution in [2.24, 2.45) is 0 Å². The fourth-order valence-corrected chi connectivity index (χ4v) is 4.12. The number of rotatable bonds is 4. The van der Waals surface area contributed by atoms with Gasteiger partial charge in [0.1, 0.15) is 11.7 Å². The molecule has 5 aromatic heterocycles. The summed E-state index contributed by atoms with van der Waals surface area (Å²) in [5.74, 6) is -1.32. The lowest BCUT2D eigenvalue weighted by Crippen LogP contribution is -2.41. The molecule has 1 unspecified atom stereocenters. The van der Waals surface area contributed by atoms with Gasteiger partial charge in [-0.2, -0.15) is 14.6 Å². The number of nitrogens with zero attached hydrogens (tertiary/aromatic N) is 8. The average molecular weight is 465 g/mol. The van der Waals surface area contributed by atoms with Crippen molar-refractivity contribution in [2.75, 3.05) is 6.54 Å². The summed E-state index contributed by atoms with van der Waals surface area (Å²) in [4.78, 5) is 22.5. The Labute approximate surface area is 190 Å². The highest BCUT2D eigenvalue weighted by Gasteiger charge is 2.38. The van der Waals surface area contributed by atoms with E-state index in [-0.39, 0.29) is 17.5 Å². The highest BCUT2D eigenvalue weighted by molar-refractivity contribution is 5.90. The second-order valence-electron chi connectivity index (χ2n) is 7.84. The number of imidazole rings is 1. The maximum Gasteiger partial charge on any atom is 0.312 e. The van der Waals surface area contributed by atoms with Crippen LogP contribution in [0.1, 0.15) is 47.0 Å². The molecule has 1 aliphatic heterocycles. The number of amides is 1. The number of carbonyl (C=O) groups excluding carboxylic acids is 1. The highest BCUT2D eigenvalue weighted by atomic mass is 19.1. The molecule has 11 nitrogen and oxygen atoms in total. The third kappa shape index (κ3) is 3.16. The maximum absolute atomic E-state index is 14.3. The predicted octanol–water partition coefficient (Wildman–Crippen LogP) is 2.72. The molecule has 1 aliphatic rings. The monoisotopic (exact) mass is 465 g/mol. The van der Waals surface area contributed by atoms with Crippen LogP contribution in [-0.2, 0) is 6.42 Å². The molecule has 0 aromatic carbocycles. The number of H-pyrrole nitrogens is 1. The molecule has 0 saturated carbocycles. The van der Waals surface area contributed by atoms with E-state index in [4.69, 9.17) is 4.42 Å². The summed E-state index contributed by atoms with van der Waals surface area (Å²) in [6.07, 6.45) is 2.19. The third-order valence-corrected chi connectivity index (χ3v) is 5.72. The van der Waals surface area contributed by atoms with Crippen LogP contribution in [0.15, 0.2) is 47.3 Å². The Kier molecular flexibility index (Phi) is 4.50. The van der Waals surface area contributed by atoms with Gasteiger partial charge in [0.2, 0.25) is 5.95 Å². The number of hydrogen-bond donors (Lipinski definition) is 1. The number of aromatic amines is 1. The number of pyridine rings is 1. The van der Waals surface area contributed by atoms with Crippen LogP contribution < -0.4 is 0 Å². The lowest BCUT2D eigenvalue weighted by molar-refractivity contribution is 0.0646. The fraction of sp³-hybridized carbons (Fsp3) is 0.238. The Morgan fingerprint density at radius 3 is 2.94 bits per heavy atom. The largest absolute Gasteiger partial charge is 0.411 e. The number of fused-ring (bicyclic) bond motifs is 2. The maximum atomic E-state index is 14.3. The Morgan fingerprint density at radius 1 is 1.26 bits per heavy atom.